The molecular weight excluding hydrogens is 488 g/mol. The van der Waals surface area contributed by atoms with E-state index in [0.29, 0.717) is 0 Å². The second-order valence-corrected chi connectivity index (χ2v) is 8.30. The van der Waals surface area contributed by atoms with E-state index in [2.05, 4.69) is 0 Å². The van der Waals surface area contributed by atoms with Crippen LogP contribution in [-0.4, -0.2) is 170 Å². The molecule has 0 saturated heterocycles. The van der Waals surface area contributed by atoms with E-state index >= 15 is 0 Å². The van der Waals surface area contributed by atoms with Crippen LogP contribution in [0.4, 0.5) is 0 Å². The minimum absolute atomic E-state index is 0.0132. The van der Waals surface area contributed by atoms with Crippen molar-refractivity contribution in [2.75, 3.05) is 92.5 Å². The standard InChI is InChI=1S/C22H46O14/c1-16(10-31-21(12-33-17(2-23)3-24)13-34-18(4-25)5-26)11-32-22(14-35-19(6-27)7-28)15-36-20(8-29)9-30/h16-30H,2-15H2,1H3. The van der Waals surface area contributed by atoms with Crippen molar-refractivity contribution in [3.8, 4) is 0 Å². The van der Waals surface area contributed by atoms with Crippen LogP contribution in [0.3, 0.4) is 0 Å². The molecular formula is C22H46O14. The van der Waals surface area contributed by atoms with Crippen LogP contribution in [0.25, 0.3) is 0 Å². The molecule has 0 aromatic heterocycles. The van der Waals surface area contributed by atoms with Gasteiger partial charge in [-0.05, 0) is 0 Å². The first-order valence-corrected chi connectivity index (χ1v) is 12.0. The summed E-state index contributed by atoms with van der Waals surface area (Å²) in [5.41, 5.74) is 0. The number of aliphatic hydroxyl groups is 8. The molecule has 0 heterocycles. The molecule has 0 unspecified atom stereocenters. The summed E-state index contributed by atoms with van der Waals surface area (Å²) in [4.78, 5) is 0. The second kappa shape index (κ2) is 23.5. The zero-order chi connectivity index (χ0) is 27.2. The zero-order valence-electron chi connectivity index (χ0n) is 21.0. The SMILES string of the molecule is CC(COC(COC(CO)CO)COC(CO)CO)COC(COC(CO)CO)COC(CO)CO. The van der Waals surface area contributed by atoms with Crippen LogP contribution in [0.15, 0.2) is 0 Å². The summed E-state index contributed by atoms with van der Waals surface area (Å²) >= 11 is 0. The average molecular weight is 535 g/mol. The average Bonchev–Trinajstić information content (AvgIpc) is 2.91. The van der Waals surface area contributed by atoms with Gasteiger partial charge in [0.2, 0.25) is 0 Å². The Morgan fingerprint density at radius 3 is 0.722 bits per heavy atom. The number of rotatable bonds is 26. The molecule has 0 aliphatic rings. The first kappa shape index (κ1) is 35.4. The minimum atomic E-state index is -0.785. The lowest BCUT2D eigenvalue weighted by Crippen LogP contribution is -2.36. The number of ether oxygens (including phenoxy) is 6. The van der Waals surface area contributed by atoms with E-state index in [1.54, 1.807) is 0 Å². The van der Waals surface area contributed by atoms with Gasteiger partial charge in [-0.15, -0.1) is 0 Å². The Morgan fingerprint density at radius 2 is 0.528 bits per heavy atom. The summed E-state index contributed by atoms with van der Waals surface area (Å²) in [6.07, 6.45) is -4.39. The molecule has 0 amide bonds. The molecule has 0 aliphatic carbocycles. The third-order valence-corrected chi connectivity index (χ3v) is 4.93. The second-order valence-electron chi connectivity index (χ2n) is 8.30. The number of aliphatic hydroxyl groups excluding tert-OH is 8. The monoisotopic (exact) mass is 534 g/mol. The van der Waals surface area contributed by atoms with E-state index in [-0.39, 0.29) is 98.4 Å². The molecule has 14 nitrogen and oxygen atoms in total. The highest BCUT2D eigenvalue weighted by atomic mass is 16.6. The van der Waals surface area contributed by atoms with Crippen LogP contribution in [0.1, 0.15) is 6.92 Å². The topological polar surface area (TPSA) is 217 Å². The van der Waals surface area contributed by atoms with Gasteiger partial charge < -0.3 is 69.3 Å². The van der Waals surface area contributed by atoms with Gasteiger partial charge in [-0.2, -0.15) is 0 Å². The summed E-state index contributed by atoms with van der Waals surface area (Å²) in [5.74, 6) is -0.147. The molecule has 8 N–H and O–H groups in total. The Hall–Kier alpha value is -0.560. The molecule has 0 rings (SSSR count). The first-order valence-electron chi connectivity index (χ1n) is 12.0. The third-order valence-electron chi connectivity index (χ3n) is 4.93. The van der Waals surface area contributed by atoms with Gasteiger partial charge in [-0.25, -0.2) is 0 Å². The number of hydrogen-bond acceptors (Lipinski definition) is 14. The summed E-state index contributed by atoms with van der Waals surface area (Å²) in [6.45, 7) is -0.836. The molecule has 36 heavy (non-hydrogen) atoms. The van der Waals surface area contributed by atoms with Gasteiger partial charge in [-0.1, -0.05) is 6.92 Å². The highest BCUT2D eigenvalue weighted by molar-refractivity contribution is 4.66. The van der Waals surface area contributed by atoms with E-state index in [9.17, 15) is 40.9 Å². The van der Waals surface area contributed by atoms with Crippen molar-refractivity contribution in [3.63, 3.8) is 0 Å². The van der Waals surface area contributed by atoms with Gasteiger partial charge in [0, 0.05) is 5.92 Å². The molecule has 0 bridgehead atoms. The Morgan fingerprint density at radius 1 is 0.333 bits per heavy atom. The van der Waals surface area contributed by atoms with Crippen LogP contribution in [0, 0.1) is 5.92 Å². The summed E-state index contributed by atoms with van der Waals surface area (Å²) in [6, 6.07) is 0. The molecule has 14 heteroatoms. The van der Waals surface area contributed by atoms with Gasteiger partial charge in [0.15, 0.2) is 0 Å². The highest BCUT2D eigenvalue weighted by Gasteiger charge is 2.20. The Labute approximate surface area is 211 Å². The molecule has 0 radical (unpaired) electrons. The summed E-state index contributed by atoms with van der Waals surface area (Å²) < 4.78 is 33.3. The molecule has 218 valence electrons. The van der Waals surface area contributed by atoms with Crippen molar-refractivity contribution in [2.24, 2.45) is 5.92 Å². The van der Waals surface area contributed by atoms with E-state index in [1.807, 2.05) is 6.92 Å². The van der Waals surface area contributed by atoms with Crippen molar-refractivity contribution >= 4 is 0 Å². The van der Waals surface area contributed by atoms with Gasteiger partial charge in [-0.3, -0.25) is 0 Å². The van der Waals surface area contributed by atoms with Crippen LogP contribution in [0.5, 0.6) is 0 Å². The van der Waals surface area contributed by atoms with E-state index in [0.717, 1.165) is 0 Å². The van der Waals surface area contributed by atoms with Gasteiger partial charge >= 0.3 is 0 Å². The van der Waals surface area contributed by atoms with Gasteiger partial charge in [0.25, 0.3) is 0 Å². The predicted molar refractivity (Wildman–Crippen MR) is 124 cm³/mol. The number of hydrogen-bond donors (Lipinski definition) is 8. The van der Waals surface area contributed by atoms with Crippen molar-refractivity contribution < 1.29 is 69.3 Å². The fourth-order valence-corrected chi connectivity index (χ4v) is 2.56. The Kier molecular flexibility index (Phi) is 23.2. The summed E-state index contributed by atoms with van der Waals surface area (Å²) in [7, 11) is 0. The van der Waals surface area contributed by atoms with Crippen molar-refractivity contribution in [1.29, 1.82) is 0 Å². The largest absolute Gasteiger partial charge is 0.394 e. The lowest BCUT2D eigenvalue weighted by Gasteiger charge is -2.26. The lowest BCUT2D eigenvalue weighted by molar-refractivity contribution is -0.133. The maximum absolute atomic E-state index is 9.18. The normalized spacial score (nSPS) is 12.7. The molecule has 0 aliphatic heterocycles. The fourth-order valence-electron chi connectivity index (χ4n) is 2.56. The Balaban J connectivity index is 4.81. The molecule has 0 aromatic carbocycles. The highest BCUT2D eigenvalue weighted by Crippen LogP contribution is 2.08. The fraction of sp³-hybridized carbons (Fsp3) is 1.00. The molecule has 0 fully saturated rings. The van der Waals surface area contributed by atoms with Crippen molar-refractivity contribution in [3.05, 3.63) is 0 Å². The molecule has 0 spiro atoms. The van der Waals surface area contributed by atoms with Gasteiger partial charge in [0.05, 0.1) is 92.5 Å². The molecule has 0 saturated carbocycles. The van der Waals surface area contributed by atoms with Crippen molar-refractivity contribution in [2.45, 2.75) is 43.5 Å². The minimum Gasteiger partial charge on any atom is -0.394 e. The lowest BCUT2D eigenvalue weighted by atomic mass is 10.2. The molecule has 0 atom stereocenters. The van der Waals surface area contributed by atoms with Crippen molar-refractivity contribution in [1.82, 2.24) is 0 Å². The van der Waals surface area contributed by atoms with Crippen LogP contribution >= 0.6 is 0 Å². The van der Waals surface area contributed by atoms with Gasteiger partial charge in [0.1, 0.15) is 36.6 Å². The molecule has 0 aromatic rings. The summed E-state index contributed by atoms with van der Waals surface area (Å²) in [5, 5.41) is 73.4. The van der Waals surface area contributed by atoms with E-state index < -0.39 is 36.6 Å². The quantitative estimate of drug-likeness (QED) is 0.0529. The zero-order valence-corrected chi connectivity index (χ0v) is 21.0. The maximum Gasteiger partial charge on any atom is 0.104 e. The van der Waals surface area contributed by atoms with E-state index in [1.165, 1.54) is 0 Å². The predicted octanol–water partition coefficient (Wildman–Crippen LogP) is -4.13. The van der Waals surface area contributed by atoms with Crippen LogP contribution in [-0.2, 0) is 28.4 Å². The smallest absolute Gasteiger partial charge is 0.104 e. The third kappa shape index (κ3) is 17.0. The van der Waals surface area contributed by atoms with Crippen LogP contribution in [0.2, 0.25) is 0 Å². The Bertz CT molecular complexity index is 386. The van der Waals surface area contributed by atoms with Crippen LogP contribution < -0.4 is 0 Å². The maximum atomic E-state index is 9.18. The first-order chi connectivity index (χ1) is 17.4. The van der Waals surface area contributed by atoms with E-state index in [4.69, 9.17) is 28.4 Å².